The Morgan fingerprint density at radius 3 is 2.79 bits per heavy atom. The molecule has 1 heteroatoms. The van der Waals surface area contributed by atoms with Gasteiger partial charge in [-0.25, -0.2) is 0 Å². The summed E-state index contributed by atoms with van der Waals surface area (Å²) in [7, 11) is 0. The third-order valence-corrected chi connectivity index (χ3v) is 3.40. The molecule has 1 atom stereocenters. The highest BCUT2D eigenvalue weighted by Crippen LogP contribution is 2.31. The number of fused-ring (bicyclic) bond motifs is 1. The molecule has 14 heavy (non-hydrogen) atoms. The van der Waals surface area contributed by atoms with E-state index < -0.39 is 0 Å². The lowest BCUT2D eigenvalue weighted by Gasteiger charge is -2.27. The zero-order chi connectivity index (χ0) is 10.1. The second-order valence-electron chi connectivity index (χ2n) is 4.70. The van der Waals surface area contributed by atoms with E-state index in [2.05, 4.69) is 19.9 Å². The molecular formula is C13H18O. The van der Waals surface area contributed by atoms with Crippen LogP contribution in [0.1, 0.15) is 31.4 Å². The molecule has 0 spiro atoms. The van der Waals surface area contributed by atoms with Crippen LogP contribution in [-0.2, 0) is 12.8 Å². The molecule has 0 amide bonds. The third kappa shape index (κ3) is 1.77. The fourth-order valence-corrected chi connectivity index (χ4v) is 2.34. The van der Waals surface area contributed by atoms with E-state index in [-0.39, 0.29) is 0 Å². The molecule has 1 aromatic rings. The minimum absolute atomic E-state index is 0.409. The van der Waals surface area contributed by atoms with Gasteiger partial charge in [-0.3, -0.25) is 0 Å². The van der Waals surface area contributed by atoms with E-state index in [0.29, 0.717) is 5.75 Å². The van der Waals surface area contributed by atoms with E-state index >= 15 is 0 Å². The van der Waals surface area contributed by atoms with Crippen LogP contribution in [0.4, 0.5) is 0 Å². The molecule has 0 bridgehead atoms. The van der Waals surface area contributed by atoms with Gasteiger partial charge in [-0.05, 0) is 54.4 Å². The van der Waals surface area contributed by atoms with E-state index in [4.69, 9.17) is 0 Å². The Balaban J connectivity index is 2.23. The summed E-state index contributed by atoms with van der Waals surface area (Å²) in [5.41, 5.74) is 2.79. The second-order valence-corrected chi connectivity index (χ2v) is 4.70. The topological polar surface area (TPSA) is 20.2 Å². The van der Waals surface area contributed by atoms with E-state index in [1.807, 2.05) is 12.1 Å². The fourth-order valence-electron chi connectivity index (χ4n) is 2.34. The molecule has 1 aromatic carbocycles. The van der Waals surface area contributed by atoms with Crippen molar-refractivity contribution in [3.63, 3.8) is 0 Å². The van der Waals surface area contributed by atoms with Crippen LogP contribution in [0, 0.1) is 11.8 Å². The predicted octanol–water partition coefficient (Wildman–Crippen LogP) is 3.15. The summed E-state index contributed by atoms with van der Waals surface area (Å²) < 4.78 is 0. The standard InChI is InChI=1S/C13H18O/c1-9(2)10-3-4-12-8-13(14)6-5-11(12)7-10/h5-6,8-10,14H,3-4,7H2,1-2H3. The van der Waals surface area contributed by atoms with Crippen LogP contribution >= 0.6 is 0 Å². The van der Waals surface area contributed by atoms with Gasteiger partial charge < -0.3 is 5.11 Å². The van der Waals surface area contributed by atoms with Crippen LogP contribution in [0.2, 0.25) is 0 Å². The van der Waals surface area contributed by atoms with Crippen molar-refractivity contribution in [2.75, 3.05) is 0 Å². The van der Waals surface area contributed by atoms with Crippen LogP contribution in [0.5, 0.6) is 5.75 Å². The molecular weight excluding hydrogens is 172 g/mol. The Bertz CT molecular complexity index is 328. The van der Waals surface area contributed by atoms with Gasteiger partial charge in [0.1, 0.15) is 5.75 Å². The number of hydrogen-bond acceptors (Lipinski definition) is 1. The first kappa shape index (κ1) is 9.57. The lowest BCUT2D eigenvalue weighted by Crippen LogP contribution is -2.18. The number of aryl methyl sites for hydroxylation is 1. The van der Waals surface area contributed by atoms with Crippen LogP contribution in [0.25, 0.3) is 0 Å². The molecule has 0 aliphatic heterocycles. The van der Waals surface area contributed by atoms with Gasteiger partial charge in [-0.15, -0.1) is 0 Å². The Morgan fingerprint density at radius 2 is 2.07 bits per heavy atom. The van der Waals surface area contributed by atoms with E-state index in [0.717, 1.165) is 18.3 Å². The first-order valence-electron chi connectivity index (χ1n) is 5.47. The minimum atomic E-state index is 0.409. The number of phenols is 1. The number of aromatic hydroxyl groups is 1. The fraction of sp³-hybridized carbons (Fsp3) is 0.538. The predicted molar refractivity (Wildman–Crippen MR) is 58.5 cm³/mol. The zero-order valence-electron chi connectivity index (χ0n) is 8.96. The van der Waals surface area contributed by atoms with E-state index in [1.54, 1.807) is 0 Å². The quantitative estimate of drug-likeness (QED) is 0.721. The first-order valence-corrected chi connectivity index (χ1v) is 5.47. The monoisotopic (exact) mass is 190 g/mol. The van der Waals surface area contributed by atoms with Crippen molar-refractivity contribution in [2.24, 2.45) is 11.8 Å². The molecule has 0 saturated heterocycles. The molecule has 1 aliphatic rings. The Morgan fingerprint density at radius 1 is 1.29 bits per heavy atom. The smallest absolute Gasteiger partial charge is 0.115 e. The van der Waals surface area contributed by atoms with Crippen molar-refractivity contribution in [2.45, 2.75) is 33.1 Å². The molecule has 2 rings (SSSR count). The van der Waals surface area contributed by atoms with Crippen molar-refractivity contribution in [3.05, 3.63) is 29.3 Å². The molecule has 1 unspecified atom stereocenters. The summed E-state index contributed by atoms with van der Waals surface area (Å²) in [6.45, 7) is 4.60. The summed E-state index contributed by atoms with van der Waals surface area (Å²) >= 11 is 0. The van der Waals surface area contributed by atoms with Crippen LogP contribution in [-0.4, -0.2) is 5.11 Å². The molecule has 76 valence electrons. The van der Waals surface area contributed by atoms with Crippen molar-refractivity contribution >= 4 is 0 Å². The van der Waals surface area contributed by atoms with Gasteiger partial charge in [0.2, 0.25) is 0 Å². The Hall–Kier alpha value is -0.980. The van der Waals surface area contributed by atoms with E-state index in [1.165, 1.54) is 24.0 Å². The summed E-state index contributed by atoms with van der Waals surface area (Å²) in [5, 5.41) is 9.36. The van der Waals surface area contributed by atoms with Crippen molar-refractivity contribution < 1.29 is 5.11 Å². The van der Waals surface area contributed by atoms with Gasteiger partial charge >= 0.3 is 0 Å². The average Bonchev–Trinajstić information content (AvgIpc) is 2.16. The number of benzene rings is 1. The normalized spacial score (nSPS) is 20.9. The lowest BCUT2D eigenvalue weighted by atomic mass is 9.78. The molecule has 0 aromatic heterocycles. The Labute approximate surface area is 85.8 Å². The maximum absolute atomic E-state index is 9.36. The summed E-state index contributed by atoms with van der Waals surface area (Å²) in [6.07, 6.45) is 3.59. The second kappa shape index (κ2) is 3.64. The molecule has 0 heterocycles. The maximum Gasteiger partial charge on any atom is 0.115 e. The van der Waals surface area contributed by atoms with Gasteiger partial charge in [0.05, 0.1) is 0 Å². The first-order chi connectivity index (χ1) is 6.66. The highest BCUT2D eigenvalue weighted by Gasteiger charge is 2.20. The number of phenolic OH excluding ortho intramolecular Hbond substituents is 1. The third-order valence-electron chi connectivity index (χ3n) is 3.40. The maximum atomic E-state index is 9.36. The van der Waals surface area contributed by atoms with E-state index in [9.17, 15) is 5.11 Å². The average molecular weight is 190 g/mol. The summed E-state index contributed by atoms with van der Waals surface area (Å²) in [5.74, 6) is 2.01. The summed E-state index contributed by atoms with van der Waals surface area (Å²) in [6, 6.07) is 5.81. The van der Waals surface area contributed by atoms with Crippen molar-refractivity contribution in [3.8, 4) is 5.75 Å². The van der Waals surface area contributed by atoms with Gasteiger partial charge in [0.25, 0.3) is 0 Å². The van der Waals surface area contributed by atoms with Crippen molar-refractivity contribution in [1.82, 2.24) is 0 Å². The van der Waals surface area contributed by atoms with Crippen LogP contribution < -0.4 is 0 Å². The number of hydrogen-bond donors (Lipinski definition) is 1. The minimum Gasteiger partial charge on any atom is -0.508 e. The SMILES string of the molecule is CC(C)C1CCc2cc(O)ccc2C1. The van der Waals surface area contributed by atoms with Gasteiger partial charge in [-0.1, -0.05) is 19.9 Å². The van der Waals surface area contributed by atoms with Gasteiger partial charge in [0.15, 0.2) is 0 Å². The number of rotatable bonds is 1. The molecule has 0 fully saturated rings. The molecule has 1 aliphatic carbocycles. The van der Waals surface area contributed by atoms with Gasteiger partial charge in [-0.2, -0.15) is 0 Å². The van der Waals surface area contributed by atoms with Crippen molar-refractivity contribution in [1.29, 1.82) is 0 Å². The van der Waals surface area contributed by atoms with Gasteiger partial charge in [0, 0.05) is 0 Å². The highest BCUT2D eigenvalue weighted by atomic mass is 16.3. The molecule has 0 radical (unpaired) electrons. The lowest BCUT2D eigenvalue weighted by molar-refractivity contribution is 0.342. The van der Waals surface area contributed by atoms with Crippen LogP contribution in [0.3, 0.4) is 0 Å². The molecule has 0 saturated carbocycles. The largest absolute Gasteiger partial charge is 0.508 e. The highest BCUT2D eigenvalue weighted by molar-refractivity contribution is 5.36. The van der Waals surface area contributed by atoms with Crippen LogP contribution in [0.15, 0.2) is 18.2 Å². The molecule has 1 N–H and O–H groups in total. The Kier molecular flexibility index (Phi) is 2.49. The molecule has 1 nitrogen and oxygen atoms in total. The summed E-state index contributed by atoms with van der Waals surface area (Å²) in [4.78, 5) is 0. The zero-order valence-corrected chi connectivity index (χ0v) is 8.96.